The summed E-state index contributed by atoms with van der Waals surface area (Å²) in [4.78, 5) is 12.2. The van der Waals surface area contributed by atoms with Crippen molar-refractivity contribution < 1.29 is 13.2 Å². The molecule has 1 aromatic heterocycles. The fraction of sp³-hybridized carbons (Fsp3) is 0.200. The maximum absolute atomic E-state index is 12.4. The average Bonchev–Trinajstić information content (AvgIpc) is 2.93. The minimum atomic E-state index is -3.97. The van der Waals surface area contributed by atoms with Crippen molar-refractivity contribution in [2.45, 2.75) is 25.7 Å². The van der Waals surface area contributed by atoms with E-state index >= 15 is 0 Å². The van der Waals surface area contributed by atoms with Gasteiger partial charge in [-0.1, -0.05) is 6.07 Å². The van der Waals surface area contributed by atoms with Crippen molar-refractivity contribution in [2.24, 2.45) is 5.14 Å². The van der Waals surface area contributed by atoms with Gasteiger partial charge in [0.05, 0.1) is 11.6 Å². The largest absolute Gasteiger partial charge is 0.321 e. The molecule has 0 saturated carbocycles. The van der Waals surface area contributed by atoms with Gasteiger partial charge >= 0.3 is 0 Å². The van der Waals surface area contributed by atoms with E-state index in [9.17, 15) is 18.5 Å². The highest BCUT2D eigenvalue weighted by atomic mass is 32.2. The maximum Gasteiger partial charge on any atom is 0.267 e. The normalized spacial score (nSPS) is 11.1. The second kappa shape index (κ2) is 6.12. The Morgan fingerprint density at radius 2 is 1.96 bits per heavy atom. The van der Waals surface area contributed by atoms with Gasteiger partial charge in [-0.25, -0.2) is 13.6 Å². The second-order valence-corrected chi connectivity index (χ2v) is 7.56. The molecule has 1 amide bonds. The third-order valence-electron chi connectivity index (χ3n) is 3.46. The number of rotatable bonds is 3. The number of nitrogens with one attached hydrogen (secondary N) is 1. The van der Waals surface area contributed by atoms with E-state index in [2.05, 4.69) is 11.4 Å². The van der Waals surface area contributed by atoms with E-state index in [0.717, 1.165) is 22.5 Å². The summed E-state index contributed by atoms with van der Waals surface area (Å²) in [5.74, 6) is -0.567. The van der Waals surface area contributed by atoms with E-state index < -0.39 is 15.9 Å². The third kappa shape index (κ3) is 3.27. The van der Waals surface area contributed by atoms with Crippen molar-refractivity contribution in [1.29, 1.82) is 5.26 Å². The molecule has 1 heterocycles. The fourth-order valence-electron chi connectivity index (χ4n) is 2.41. The van der Waals surface area contributed by atoms with Gasteiger partial charge in [0.1, 0.15) is 9.77 Å². The molecule has 0 unspecified atom stereocenters. The zero-order valence-electron chi connectivity index (χ0n) is 12.8. The van der Waals surface area contributed by atoms with Crippen LogP contribution in [0.25, 0.3) is 0 Å². The molecule has 0 fully saturated rings. The van der Waals surface area contributed by atoms with Crippen molar-refractivity contribution in [3.63, 3.8) is 0 Å². The zero-order valence-corrected chi connectivity index (χ0v) is 14.4. The van der Waals surface area contributed by atoms with Gasteiger partial charge in [0.2, 0.25) is 10.0 Å². The lowest BCUT2D eigenvalue weighted by atomic mass is 9.98. The highest BCUT2D eigenvalue weighted by molar-refractivity contribution is 7.89. The molecular formula is C15H15N3O3S2. The second-order valence-electron chi connectivity index (χ2n) is 5.11. The highest BCUT2D eigenvalue weighted by Crippen LogP contribution is 2.28. The van der Waals surface area contributed by atoms with Crippen LogP contribution in [-0.2, 0) is 10.0 Å². The number of nitrogens with zero attached hydrogens (tertiary/aromatic N) is 1. The van der Waals surface area contributed by atoms with Gasteiger partial charge in [0.25, 0.3) is 5.91 Å². The van der Waals surface area contributed by atoms with Crippen LogP contribution in [0, 0.1) is 32.1 Å². The van der Waals surface area contributed by atoms with E-state index in [4.69, 9.17) is 5.14 Å². The number of carbonyl (C=O) groups excluding carboxylic acids is 1. The van der Waals surface area contributed by atoms with Crippen LogP contribution < -0.4 is 10.5 Å². The zero-order chi connectivity index (χ0) is 17.4. The van der Waals surface area contributed by atoms with Crippen LogP contribution in [0.2, 0.25) is 0 Å². The standard InChI is InChI=1S/C15H15N3O3S2/c1-8-6-9(2)13(10(3)11(8)7-16)18-15(19)14-12(4-5-22-14)23(17,20)21/h4-6H,1-3H3,(H,18,19)(H2,17,20,21). The molecule has 8 heteroatoms. The van der Waals surface area contributed by atoms with Crippen LogP contribution in [0.1, 0.15) is 31.9 Å². The molecule has 0 spiro atoms. The summed E-state index contributed by atoms with van der Waals surface area (Å²) >= 11 is 0.992. The summed E-state index contributed by atoms with van der Waals surface area (Å²) in [7, 11) is -3.97. The van der Waals surface area contributed by atoms with E-state index in [1.165, 1.54) is 11.4 Å². The summed E-state index contributed by atoms with van der Waals surface area (Å²) in [6.45, 7) is 5.37. The van der Waals surface area contributed by atoms with Crippen LogP contribution in [0.5, 0.6) is 0 Å². The van der Waals surface area contributed by atoms with Gasteiger partial charge in [-0.2, -0.15) is 5.26 Å². The fourth-order valence-corrected chi connectivity index (χ4v) is 4.28. The van der Waals surface area contributed by atoms with E-state index in [-0.39, 0.29) is 9.77 Å². The van der Waals surface area contributed by atoms with Crippen molar-refractivity contribution in [3.8, 4) is 6.07 Å². The van der Waals surface area contributed by atoms with Crippen LogP contribution in [0.4, 0.5) is 5.69 Å². The molecule has 0 radical (unpaired) electrons. The molecular weight excluding hydrogens is 334 g/mol. The smallest absolute Gasteiger partial charge is 0.267 e. The quantitative estimate of drug-likeness (QED) is 0.886. The minimum absolute atomic E-state index is 0.0189. The number of thiophene rings is 1. The summed E-state index contributed by atoms with van der Waals surface area (Å²) in [6.07, 6.45) is 0. The van der Waals surface area contributed by atoms with Gasteiger partial charge in [-0.05, 0) is 48.9 Å². The van der Waals surface area contributed by atoms with E-state index in [0.29, 0.717) is 16.8 Å². The SMILES string of the molecule is Cc1cc(C)c(NC(=O)c2sccc2S(N)(=O)=O)c(C)c1C#N. The van der Waals surface area contributed by atoms with Crippen LogP contribution >= 0.6 is 11.3 Å². The van der Waals surface area contributed by atoms with E-state index in [1.54, 1.807) is 13.0 Å². The number of anilines is 1. The molecule has 0 bridgehead atoms. The molecule has 0 aliphatic carbocycles. The third-order valence-corrected chi connectivity index (χ3v) is 5.46. The lowest BCUT2D eigenvalue weighted by molar-refractivity contribution is 0.102. The molecule has 2 rings (SSSR count). The first-order chi connectivity index (χ1) is 10.7. The van der Waals surface area contributed by atoms with E-state index in [1.807, 2.05) is 13.8 Å². The number of amides is 1. The summed E-state index contributed by atoms with van der Waals surface area (Å²) in [5.41, 5.74) is 3.25. The molecule has 0 saturated heterocycles. The monoisotopic (exact) mass is 349 g/mol. The molecule has 2 aromatic rings. The van der Waals surface area contributed by atoms with Crippen molar-refractivity contribution in [2.75, 3.05) is 5.32 Å². The molecule has 23 heavy (non-hydrogen) atoms. The number of nitriles is 1. The van der Waals surface area contributed by atoms with Gasteiger partial charge in [-0.3, -0.25) is 4.79 Å². The van der Waals surface area contributed by atoms with Gasteiger partial charge in [0.15, 0.2) is 0 Å². The number of benzene rings is 1. The predicted molar refractivity (Wildman–Crippen MR) is 89.0 cm³/mol. The number of hydrogen-bond acceptors (Lipinski definition) is 5. The summed E-state index contributed by atoms with van der Waals surface area (Å²) in [5, 5.41) is 18.5. The van der Waals surface area contributed by atoms with Gasteiger partial charge < -0.3 is 5.32 Å². The van der Waals surface area contributed by atoms with Gasteiger partial charge in [-0.15, -0.1) is 11.3 Å². The number of hydrogen-bond donors (Lipinski definition) is 2. The number of carbonyl (C=O) groups is 1. The first-order valence-corrected chi connectivity index (χ1v) is 9.02. The Hall–Kier alpha value is -2.21. The Kier molecular flexibility index (Phi) is 4.56. The first-order valence-electron chi connectivity index (χ1n) is 6.59. The number of sulfonamides is 1. The van der Waals surface area contributed by atoms with Crippen molar-refractivity contribution in [1.82, 2.24) is 0 Å². The molecule has 0 aliphatic heterocycles. The maximum atomic E-state index is 12.4. The first kappa shape index (κ1) is 17.1. The van der Waals surface area contributed by atoms with Gasteiger partial charge in [0, 0.05) is 5.69 Å². The highest BCUT2D eigenvalue weighted by Gasteiger charge is 2.22. The average molecular weight is 349 g/mol. The minimum Gasteiger partial charge on any atom is -0.321 e. The molecule has 0 atom stereocenters. The molecule has 1 aromatic carbocycles. The van der Waals surface area contributed by atoms with Crippen LogP contribution in [0.15, 0.2) is 22.4 Å². The van der Waals surface area contributed by atoms with Crippen LogP contribution in [-0.4, -0.2) is 14.3 Å². The Morgan fingerprint density at radius 1 is 1.30 bits per heavy atom. The topological polar surface area (TPSA) is 113 Å². The van der Waals surface area contributed by atoms with Crippen molar-refractivity contribution >= 4 is 33.0 Å². The Morgan fingerprint density at radius 3 is 2.52 bits per heavy atom. The molecule has 3 N–H and O–H groups in total. The number of primary sulfonamides is 1. The number of nitrogens with two attached hydrogens (primary N) is 1. The molecule has 6 nitrogen and oxygen atoms in total. The lowest BCUT2D eigenvalue weighted by Gasteiger charge is -2.14. The lowest BCUT2D eigenvalue weighted by Crippen LogP contribution is -2.19. The Bertz CT molecular complexity index is 938. The van der Waals surface area contributed by atoms with Crippen molar-refractivity contribution in [3.05, 3.63) is 44.6 Å². The van der Waals surface area contributed by atoms with Crippen LogP contribution in [0.3, 0.4) is 0 Å². The number of aryl methyl sites for hydroxylation is 2. The molecule has 120 valence electrons. The molecule has 0 aliphatic rings. The predicted octanol–water partition coefficient (Wildman–Crippen LogP) is 2.44. The Labute approximate surface area is 138 Å². The Balaban J connectivity index is 2.48. The summed E-state index contributed by atoms with van der Waals surface area (Å²) in [6, 6.07) is 5.21. The summed E-state index contributed by atoms with van der Waals surface area (Å²) < 4.78 is 23.0.